The van der Waals surface area contributed by atoms with Gasteiger partial charge in [-0.05, 0) is 38.8 Å². The lowest BCUT2D eigenvalue weighted by Gasteiger charge is -2.20. The van der Waals surface area contributed by atoms with Gasteiger partial charge in [0.1, 0.15) is 11.4 Å². The van der Waals surface area contributed by atoms with Crippen LogP contribution < -0.4 is 5.32 Å². The van der Waals surface area contributed by atoms with Crippen molar-refractivity contribution in [2.24, 2.45) is 0 Å². The van der Waals surface area contributed by atoms with Crippen molar-refractivity contribution in [2.75, 3.05) is 5.32 Å². The Morgan fingerprint density at radius 2 is 2.06 bits per heavy atom. The third-order valence-electron chi connectivity index (χ3n) is 2.11. The number of hydrogen-bond donors (Lipinski definition) is 1. The molecule has 0 fully saturated rings. The summed E-state index contributed by atoms with van der Waals surface area (Å²) in [5.74, 6) is -0.449. The Labute approximate surface area is 101 Å². The molecule has 1 rings (SSSR count). The SMILES string of the molecule is CCc1cccc(F)c1NC(=O)OC(C)(C)C. The molecule has 0 aromatic heterocycles. The molecule has 1 N–H and O–H groups in total. The van der Waals surface area contributed by atoms with Crippen LogP contribution in [0.4, 0.5) is 14.9 Å². The van der Waals surface area contributed by atoms with E-state index in [4.69, 9.17) is 4.74 Å². The van der Waals surface area contributed by atoms with E-state index in [2.05, 4.69) is 5.32 Å². The van der Waals surface area contributed by atoms with Gasteiger partial charge >= 0.3 is 6.09 Å². The summed E-state index contributed by atoms with van der Waals surface area (Å²) < 4.78 is 18.6. The van der Waals surface area contributed by atoms with Crippen LogP contribution in [0, 0.1) is 5.82 Å². The predicted octanol–water partition coefficient (Wildman–Crippen LogP) is 3.74. The van der Waals surface area contributed by atoms with E-state index in [0.717, 1.165) is 5.56 Å². The van der Waals surface area contributed by atoms with E-state index in [-0.39, 0.29) is 5.69 Å². The number of aryl methyl sites for hydroxylation is 1. The zero-order chi connectivity index (χ0) is 13.1. The van der Waals surface area contributed by atoms with Crippen molar-refractivity contribution in [1.29, 1.82) is 0 Å². The number of amides is 1. The molecule has 17 heavy (non-hydrogen) atoms. The number of benzene rings is 1. The van der Waals surface area contributed by atoms with E-state index in [9.17, 15) is 9.18 Å². The Hall–Kier alpha value is -1.58. The van der Waals surface area contributed by atoms with Gasteiger partial charge in [-0.1, -0.05) is 19.1 Å². The van der Waals surface area contributed by atoms with Gasteiger partial charge in [-0.2, -0.15) is 0 Å². The number of ether oxygens (including phenoxy) is 1. The normalized spacial score (nSPS) is 11.1. The van der Waals surface area contributed by atoms with E-state index in [0.29, 0.717) is 6.42 Å². The maximum atomic E-state index is 13.6. The van der Waals surface area contributed by atoms with Crippen LogP contribution in [0.3, 0.4) is 0 Å². The first-order chi connectivity index (χ1) is 7.83. The van der Waals surface area contributed by atoms with Crippen LogP contribution in [0.1, 0.15) is 33.3 Å². The molecule has 1 aromatic rings. The average Bonchev–Trinajstić information content (AvgIpc) is 2.18. The topological polar surface area (TPSA) is 38.3 Å². The summed E-state index contributed by atoms with van der Waals surface area (Å²) in [4.78, 5) is 11.5. The molecule has 0 radical (unpaired) electrons. The van der Waals surface area contributed by atoms with Gasteiger partial charge in [-0.25, -0.2) is 9.18 Å². The van der Waals surface area contributed by atoms with Gasteiger partial charge in [0.25, 0.3) is 0 Å². The predicted molar refractivity (Wildman–Crippen MR) is 65.6 cm³/mol. The Morgan fingerprint density at radius 1 is 1.41 bits per heavy atom. The molecule has 0 spiro atoms. The molecule has 0 saturated carbocycles. The van der Waals surface area contributed by atoms with E-state index < -0.39 is 17.5 Å². The lowest BCUT2D eigenvalue weighted by molar-refractivity contribution is 0.0635. The number of carbonyl (C=O) groups is 1. The van der Waals surface area contributed by atoms with Gasteiger partial charge in [-0.15, -0.1) is 0 Å². The van der Waals surface area contributed by atoms with Crippen LogP contribution in [-0.2, 0) is 11.2 Å². The van der Waals surface area contributed by atoms with Crippen molar-refractivity contribution >= 4 is 11.8 Å². The molecule has 1 amide bonds. The molecule has 94 valence electrons. The van der Waals surface area contributed by atoms with E-state index >= 15 is 0 Å². The quantitative estimate of drug-likeness (QED) is 0.853. The van der Waals surface area contributed by atoms with Crippen LogP contribution >= 0.6 is 0 Å². The van der Waals surface area contributed by atoms with Crippen molar-refractivity contribution in [3.63, 3.8) is 0 Å². The van der Waals surface area contributed by atoms with Crippen LogP contribution in [0.25, 0.3) is 0 Å². The minimum absolute atomic E-state index is 0.198. The summed E-state index contributed by atoms with van der Waals surface area (Å²) in [7, 11) is 0. The first-order valence-corrected chi connectivity index (χ1v) is 5.61. The fourth-order valence-corrected chi connectivity index (χ4v) is 1.41. The highest BCUT2D eigenvalue weighted by Crippen LogP contribution is 2.21. The second-order valence-electron chi connectivity index (χ2n) is 4.75. The maximum Gasteiger partial charge on any atom is 0.412 e. The first-order valence-electron chi connectivity index (χ1n) is 5.61. The largest absolute Gasteiger partial charge is 0.444 e. The molecule has 0 aliphatic rings. The number of halogens is 1. The summed E-state index contributed by atoms with van der Waals surface area (Å²) in [6.07, 6.45) is 0.000368. The van der Waals surface area contributed by atoms with Crippen LogP contribution in [-0.4, -0.2) is 11.7 Å². The summed E-state index contributed by atoms with van der Waals surface area (Å²) >= 11 is 0. The summed E-state index contributed by atoms with van der Waals surface area (Å²) in [5.41, 5.74) is 0.349. The minimum Gasteiger partial charge on any atom is -0.444 e. The third kappa shape index (κ3) is 4.06. The zero-order valence-corrected chi connectivity index (χ0v) is 10.6. The molecule has 0 bridgehead atoms. The minimum atomic E-state index is -0.641. The Morgan fingerprint density at radius 3 is 2.59 bits per heavy atom. The van der Waals surface area contributed by atoms with Crippen LogP contribution in [0.15, 0.2) is 18.2 Å². The van der Waals surface area contributed by atoms with Gasteiger partial charge in [-0.3, -0.25) is 5.32 Å². The van der Waals surface area contributed by atoms with Gasteiger partial charge in [0.15, 0.2) is 0 Å². The number of carbonyl (C=O) groups excluding carboxylic acids is 1. The Kier molecular flexibility index (Phi) is 4.10. The lowest BCUT2D eigenvalue weighted by atomic mass is 10.1. The van der Waals surface area contributed by atoms with E-state index in [1.807, 2.05) is 6.92 Å². The Bertz CT molecular complexity index is 410. The second kappa shape index (κ2) is 5.17. The molecular formula is C13H18FNO2. The lowest BCUT2D eigenvalue weighted by Crippen LogP contribution is -2.27. The Balaban J connectivity index is 2.84. The van der Waals surface area contributed by atoms with Crippen molar-refractivity contribution < 1.29 is 13.9 Å². The number of nitrogens with one attached hydrogen (secondary N) is 1. The fraction of sp³-hybridized carbons (Fsp3) is 0.462. The monoisotopic (exact) mass is 239 g/mol. The van der Waals surface area contributed by atoms with E-state index in [1.54, 1.807) is 32.9 Å². The molecule has 0 saturated heterocycles. The first kappa shape index (κ1) is 13.5. The number of rotatable bonds is 2. The van der Waals surface area contributed by atoms with Gasteiger partial charge < -0.3 is 4.74 Å². The van der Waals surface area contributed by atoms with Crippen molar-refractivity contribution in [3.05, 3.63) is 29.6 Å². The van der Waals surface area contributed by atoms with Gasteiger partial charge in [0, 0.05) is 0 Å². The highest BCUT2D eigenvalue weighted by molar-refractivity contribution is 5.86. The highest BCUT2D eigenvalue weighted by atomic mass is 19.1. The summed E-state index contributed by atoms with van der Waals surface area (Å²) in [6.45, 7) is 7.17. The molecule has 0 unspecified atom stereocenters. The molecule has 1 aromatic carbocycles. The van der Waals surface area contributed by atoms with Crippen molar-refractivity contribution in [1.82, 2.24) is 0 Å². The standard InChI is InChI=1S/C13H18FNO2/c1-5-9-7-6-8-10(14)11(9)15-12(16)17-13(2,3)4/h6-8H,5H2,1-4H3,(H,15,16). The number of anilines is 1. The zero-order valence-electron chi connectivity index (χ0n) is 10.6. The average molecular weight is 239 g/mol. The molecule has 0 aliphatic carbocycles. The van der Waals surface area contributed by atoms with Crippen molar-refractivity contribution in [2.45, 2.75) is 39.7 Å². The molecule has 3 nitrogen and oxygen atoms in total. The molecule has 4 heteroatoms. The second-order valence-corrected chi connectivity index (χ2v) is 4.75. The highest BCUT2D eigenvalue weighted by Gasteiger charge is 2.18. The number of hydrogen-bond acceptors (Lipinski definition) is 2. The summed E-state index contributed by atoms with van der Waals surface area (Å²) in [5, 5.41) is 2.45. The molecule has 0 heterocycles. The van der Waals surface area contributed by atoms with E-state index in [1.165, 1.54) is 6.07 Å². The molecule has 0 aliphatic heterocycles. The smallest absolute Gasteiger partial charge is 0.412 e. The molecular weight excluding hydrogens is 221 g/mol. The van der Waals surface area contributed by atoms with Gasteiger partial charge in [0.05, 0.1) is 5.69 Å². The van der Waals surface area contributed by atoms with Crippen LogP contribution in [0.2, 0.25) is 0 Å². The van der Waals surface area contributed by atoms with Crippen LogP contribution in [0.5, 0.6) is 0 Å². The maximum absolute atomic E-state index is 13.6. The summed E-state index contributed by atoms with van der Waals surface area (Å²) in [6, 6.07) is 4.70. The fourth-order valence-electron chi connectivity index (χ4n) is 1.41. The molecule has 0 atom stereocenters. The van der Waals surface area contributed by atoms with Crippen molar-refractivity contribution in [3.8, 4) is 0 Å². The van der Waals surface area contributed by atoms with Gasteiger partial charge in [0.2, 0.25) is 0 Å². The number of para-hydroxylation sites is 1. The third-order valence-corrected chi connectivity index (χ3v) is 2.11.